The van der Waals surface area contributed by atoms with Gasteiger partial charge in [0.15, 0.2) is 10.1 Å². The third-order valence-electron chi connectivity index (χ3n) is 3.57. The lowest BCUT2D eigenvalue weighted by Gasteiger charge is -2.05. The number of hydrogen-bond acceptors (Lipinski definition) is 5. The van der Waals surface area contributed by atoms with Crippen molar-refractivity contribution < 1.29 is 14.0 Å². The standard InChI is InChI=1S/C18H15FN2O2S2/c1-24-18-21-14-7-6-13(10-16(14)25-18)20-17(23)9-8-15(22)11-2-4-12(19)5-3-11/h2-7,10H,8-9H2,1H3,(H,20,23). The van der Waals surface area contributed by atoms with E-state index in [-0.39, 0.29) is 24.5 Å². The molecule has 1 aromatic heterocycles. The van der Waals surface area contributed by atoms with Gasteiger partial charge in [0.2, 0.25) is 5.91 Å². The number of halogens is 1. The molecule has 3 rings (SSSR count). The summed E-state index contributed by atoms with van der Waals surface area (Å²) >= 11 is 3.15. The summed E-state index contributed by atoms with van der Waals surface area (Å²) in [5, 5.41) is 2.80. The molecule has 4 nitrogen and oxygen atoms in total. The van der Waals surface area contributed by atoms with Gasteiger partial charge in [0, 0.05) is 24.1 Å². The number of Topliss-reactive ketones (excluding diaryl/α,β-unsaturated/α-hetero) is 1. The molecule has 7 heteroatoms. The Balaban J connectivity index is 1.58. The fourth-order valence-electron chi connectivity index (χ4n) is 2.30. The van der Waals surface area contributed by atoms with Gasteiger partial charge in [-0.1, -0.05) is 11.8 Å². The highest BCUT2D eigenvalue weighted by atomic mass is 32.2. The minimum absolute atomic E-state index is 0.0764. The molecule has 2 aromatic carbocycles. The molecule has 25 heavy (non-hydrogen) atoms. The number of benzene rings is 2. The van der Waals surface area contributed by atoms with Gasteiger partial charge in [-0.25, -0.2) is 9.37 Å². The predicted molar refractivity (Wildman–Crippen MR) is 100.0 cm³/mol. The number of carbonyl (C=O) groups is 2. The summed E-state index contributed by atoms with van der Waals surface area (Å²) in [6.45, 7) is 0. The Kier molecular flexibility index (Phi) is 5.45. The Hall–Kier alpha value is -2.25. The molecule has 0 bridgehead atoms. The maximum atomic E-state index is 12.9. The summed E-state index contributed by atoms with van der Waals surface area (Å²) in [4.78, 5) is 28.5. The highest BCUT2D eigenvalue weighted by molar-refractivity contribution is 8.00. The number of nitrogens with one attached hydrogen (secondary N) is 1. The van der Waals surface area contributed by atoms with Crippen LogP contribution in [0.25, 0.3) is 10.2 Å². The number of fused-ring (bicyclic) bond motifs is 1. The molecule has 1 heterocycles. The molecule has 0 atom stereocenters. The van der Waals surface area contributed by atoms with Crippen molar-refractivity contribution in [3.63, 3.8) is 0 Å². The number of hydrogen-bond donors (Lipinski definition) is 1. The van der Waals surface area contributed by atoms with Crippen molar-refractivity contribution >= 4 is 50.7 Å². The lowest BCUT2D eigenvalue weighted by molar-refractivity contribution is -0.116. The fourth-order valence-corrected chi connectivity index (χ4v) is 3.83. The Bertz CT molecular complexity index is 922. The van der Waals surface area contributed by atoms with E-state index in [1.807, 2.05) is 18.4 Å². The van der Waals surface area contributed by atoms with Crippen LogP contribution in [0, 0.1) is 5.82 Å². The summed E-state index contributed by atoms with van der Waals surface area (Å²) in [5.74, 6) is -0.806. The maximum Gasteiger partial charge on any atom is 0.224 e. The zero-order valence-electron chi connectivity index (χ0n) is 13.4. The Morgan fingerprint density at radius 3 is 2.64 bits per heavy atom. The van der Waals surface area contributed by atoms with Crippen LogP contribution in [0.15, 0.2) is 46.8 Å². The topological polar surface area (TPSA) is 59.1 Å². The molecule has 0 aliphatic carbocycles. The van der Waals surface area contributed by atoms with Gasteiger partial charge in [-0.15, -0.1) is 11.3 Å². The summed E-state index contributed by atoms with van der Waals surface area (Å²) in [5.41, 5.74) is 1.99. The zero-order chi connectivity index (χ0) is 17.8. The summed E-state index contributed by atoms with van der Waals surface area (Å²) < 4.78 is 14.8. The largest absolute Gasteiger partial charge is 0.326 e. The van der Waals surface area contributed by atoms with Crippen molar-refractivity contribution in [1.29, 1.82) is 0 Å². The summed E-state index contributed by atoms with van der Waals surface area (Å²) in [6, 6.07) is 10.9. The van der Waals surface area contributed by atoms with Gasteiger partial charge in [-0.3, -0.25) is 9.59 Å². The van der Waals surface area contributed by atoms with Gasteiger partial charge in [0.25, 0.3) is 0 Å². The third-order valence-corrected chi connectivity index (χ3v) is 5.58. The third kappa shape index (κ3) is 4.43. The molecule has 0 spiro atoms. The van der Waals surface area contributed by atoms with Crippen molar-refractivity contribution in [1.82, 2.24) is 4.98 Å². The van der Waals surface area contributed by atoms with Crippen molar-refractivity contribution in [3.8, 4) is 0 Å². The maximum absolute atomic E-state index is 12.9. The smallest absolute Gasteiger partial charge is 0.224 e. The lowest BCUT2D eigenvalue weighted by Crippen LogP contribution is -2.13. The van der Waals surface area contributed by atoms with E-state index in [1.165, 1.54) is 24.3 Å². The number of ketones is 1. The van der Waals surface area contributed by atoms with E-state index < -0.39 is 5.82 Å². The molecular weight excluding hydrogens is 359 g/mol. The number of thioether (sulfide) groups is 1. The number of aromatic nitrogens is 1. The molecule has 0 fully saturated rings. The van der Waals surface area contributed by atoms with Crippen LogP contribution in [0.1, 0.15) is 23.2 Å². The highest BCUT2D eigenvalue weighted by Gasteiger charge is 2.11. The van der Waals surface area contributed by atoms with E-state index in [4.69, 9.17) is 0 Å². The van der Waals surface area contributed by atoms with Crippen LogP contribution >= 0.6 is 23.1 Å². The molecule has 0 saturated carbocycles. The van der Waals surface area contributed by atoms with Crippen LogP contribution in [0.5, 0.6) is 0 Å². The van der Waals surface area contributed by atoms with Crippen LogP contribution in [-0.2, 0) is 4.79 Å². The number of amides is 1. The Morgan fingerprint density at radius 2 is 1.92 bits per heavy atom. The molecule has 3 aromatic rings. The number of nitrogens with zero attached hydrogens (tertiary/aromatic N) is 1. The zero-order valence-corrected chi connectivity index (χ0v) is 15.0. The van der Waals surface area contributed by atoms with Crippen molar-refractivity contribution in [2.24, 2.45) is 0 Å². The predicted octanol–water partition coefficient (Wildman–Crippen LogP) is 4.76. The van der Waals surface area contributed by atoms with E-state index >= 15 is 0 Å². The Labute approximate surface area is 152 Å². The summed E-state index contributed by atoms with van der Waals surface area (Å²) in [6.07, 6.45) is 2.13. The SMILES string of the molecule is CSc1nc2ccc(NC(=O)CCC(=O)c3ccc(F)cc3)cc2s1. The molecule has 0 radical (unpaired) electrons. The number of thiazole rings is 1. The molecular formula is C18H15FN2O2S2. The monoisotopic (exact) mass is 374 g/mol. The molecule has 128 valence electrons. The van der Waals surface area contributed by atoms with Crippen LogP contribution in [0.3, 0.4) is 0 Å². The van der Waals surface area contributed by atoms with Crippen molar-refractivity contribution in [3.05, 3.63) is 53.8 Å². The first kappa shape index (κ1) is 17.6. The first-order valence-electron chi connectivity index (χ1n) is 7.58. The van der Waals surface area contributed by atoms with Gasteiger partial charge < -0.3 is 5.32 Å². The highest BCUT2D eigenvalue weighted by Crippen LogP contribution is 2.30. The molecule has 0 unspecified atom stereocenters. The van der Waals surface area contributed by atoms with Gasteiger partial charge in [-0.2, -0.15) is 0 Å². The van der Waals surface area contributed by atoms with Gasteiger partial charge in [0.1, 0.15) is 5.82 Å². The average Bonchev–Trinajstić information content (AvgIpc) is 3.02. The van der Waals surface area contributed by atoms with E-state index in [9.17, 15) is 14.0 Å². The quantitative estimate of drug-likeness (QED) is 0.499. The van der Waals surface area contributed by atoms with E-state index in [1.54, 1.807) is 29.2 Å². The molecule has 0 aliphatic heterocycles. The second kappa shape index (κ2) is 7.76. The van der Waals surface area contributed by atoms with E-state index in [0.717, 1.165) is 14.6 Å². The van der Waals surface area contributed by atoms with Crippen LogP contribution in [-0.4, -0.2) is 22.9 Å². The van der Waals surface area contributed by atoms with Crippen molar-refractivity contribution in [2.75, 3.05) is 11.6 Å². The molecule has 1 amide bonds. The molecule has 0 aliphatic rings. The van der Waals surface area contributed by atoms with Crippen LogP contribution < -0.4 is 5.32 Å². The number of carbonyl (C=O) groups excluding carboxylic acids is 2. The van der Waals surface area contributed by atoms with E-state index in [0.29, 0.717) is 11.3 Å². The first-order chi connectivity index (χ1) is 12.0. The average molecular weight is 374 g/mol. The molecule has 1 N–H and O–H groups in total. The molecule has 0 saturated heterocycles. The van der Waals surface area contributed by atoms with Gasteiger partial charge in [0.05, 0.1) is 10.2 Å². The van der Waals surface area contributed by atoms with E-state index in [2.05, 4.69) is 10.3 Å². The van der Waals surface area contributed by atoms with Crippen LogP contribution in [0.4, 0.5) is 10.1 Å². The number of rotatable bonds is 6. The first-order valence-corrected chi connectivity index (χ1v) is 9.62. The lowest BCUT2D eigenvalue weighted by atomic mass is 10.1. The van der Waals surface area contributed by atoms with Crippen molar-refractivity contribution in [2.45, 2.75) is 17.2 Å². The van der Waals surface area contributed by atoms with Crippen LogP contribution in [0.2, 0.25) is 0 Å². The fraction of sp³-hybridized carbons (Fsp3) is 0.167. The minimum Gasteiger partial charge on any atom is -0.326 e. The summed E-state index contributed by atoms with van der Waals surface area (Å²) in [7, 11) is 0. The minimum atomic E-state index is -0.391. The van der Waals surface area contributed by atoms with Gasteiger partial charge in [-0.05, 0) is 48.7 Å². The normalized spacial score (nSPS) is 10.8. The Morgan fingerprint density at radius 1 is 1.16 bits per heavy atom. The second-order valence-electron chi connectivity index (χ2n) is 5.34. The second-order valence-corrected chi connectivity index (χ2v) is 7.43. The van der Waals surface area contributed by atoms with Gasteiger partial charge >= 0.3 is 0 Å². The number of anilines is 1.